The van der Waals surface area contributed by atoms with Gasteiger partial charge in [0.1, 0.15) is 0 Å². The van der Waals surface area contributed by atoms with E-state index in [9.17, 15) is 0 Å². The normalized spacial score (nSPS) is 23.7. The third-order valence-electron chi connectivity index (χ3n) is 4.45. The molecule has 0 aromatic carbocycles. The van der Waals surface area contributed by atoms with Gasteiger partial charge in [0.15, 0.2) is 5.96 Å². The molecule has 6 heteroatoms. The van der Waals surface area contributed by atoms with Crippen LogP contribution < -0.4 is 11.1 Å². The molecule has 0 atom stereocenters. The van der Waals surface area contributed by atoms with Gasteiger partial charge in [-0.2, -0.15) is 0 Å². The molecule has 0 aromatic rings. The van der Waals surface area contributed by atoms with E-state index >= 15 is 0 Å². The highest BCUT2D eigenvalue weighted by Crippen LogP contribution is 2.34. The van der Waals surface area contributed by atoms with Gasteiger partial charge >= 0.3 is 0 Å². The predicted octanol–water partition coefficient (Wildman–Crippen LogP) is 1.95. The number of nitrogens with one attached hydrogen (secondary N) is 1. The van der Waals surface area contributed by atoms with Crippen LogP contribution in [-0.4, -0.2) is 55.3 Å². The first-order valence-corrected chi connectivity index (χ1v) is 8.02. The lowest BCUT2D eigenvalue weighted by atomic mass is 9.80. The number of nitrogens with two attached hydrogens (primary N) is 1. The van der Waals surface area contributed by atoms with Crippen molar-refractivity contribution in [1.29, 1.82) is 0 Å². The number of guanidine groups is 1. The minimum Gasteiger partial charge on any atom is -0.379 e. The Morgan fingerprint density at radius 3 is 2.43 bits per heavy atom. The van der Waals surface area contributed by atoms with Crippen LogP contribution in [0, 0.1) is 0 Å². The van der Waals surface area contributed by atoms with Crippen molar-refractivity contribution >= 4 is 29.9 Å². The second-order valence-electron chi connectivity index (χ2n) is 6.38. The summed E-state index contributed by atoms with van der Waals surface area (Å²) in [6.45, 7) is 8.76. The molecule has 0 unspecified atom stereocenters. The van der Waals surface area contributed by atoms with Gasteiger partial charge in [-0.05, 0) is 26.7 Å². The molecule has 0 radical (unpaired) electrons. The van der Waals surface area contributed by atoms with Crippen molar-refractivity contribution in [2.24, 2.45) is 10.7 Å². The number of hydrogen-bond acceptors (Lipinski definition) is 3. The Bertz CT molecular complexity index is 324. The van der Waals surface area contributed by atoms with Crippen LogP contribution in [-0.2, 0) is 4.74 Å². The van der Waals surface area contributed by atoms with Crippen LogP contribution in [0.1, 0.15) is 46.0 Å². The van der Waals surface area contributed by atoms with Crippen LogP contribution in [0.5, 0.6) is 0 Å². The summed E-state index contributed by atoms with van der Waals surface area (Å²) >= 11 is 0. The van der Waals surface area contributed by atoms with Gasteiger partial charge in [-0.3, -0.25) is 9.89 Å². The van der Waals surface area contributed by atoms with E-state index in [1.54, 1.807) is 0 Å². The summed E-state index contributed by atoms with van der Waals surface area (Å²) in [5.74, 6) is 0.582. The van der Waals surface area contributed by atoms with E-state index in [1.807, 2.05) is 0 Å². The largest absolute Gasteiger partial charge is 0.379 e. The number of morpholine rings is 1. The maximum absolute atomic E-state index is 5.98. The van der Waals surface area contributed by atoms with Crippen molar-refractivity contribution in [1.82, 2.24) is 10.2 Å². The lowest BCUT2D eigenvalue weighted by molar-refractivity contribution is -0.0333. The summed E-state index contributed by atoms with van der Waals surface area (Å²) < 4.78 is 5.50. The van der Waals surface area contributed by atoms with Gasteiger partial charge < -0.3 is 15.8 Å². The molecule has 1 aliphatic carbocycles. The molecule has 0 bridgehead atoms. The highest BCUT2D eigenvalue weighted by Gasteiger charge is 2.38. The fourth-order valence-electron chi connectivity index (χ4n) is 3.40. The molecule has 0 spiro atoms. The molecule has 1 saturated carbocycles. The summed E-state index contributed by atoms with van der Waals surface area (Å²) in [4.78, 5) is 7.24. The van der Waals surface area contributed by atoms with Crippen molar-refractivity contribution in [2.75, 3.05) is 32.8 Å². The maximum atomic E-state index is 5.98. The quantitative estimate of drug-likeness (QED) is 0.423. The number of ether oxygens (including phenoxy) is 1. The van der Waals surface area contributed by atoms with Gasteiger partial charge in [0.25, 0.3) is 0 Å². The summed E-state index contributed by atoms with van der Waals surface area (Å²) in [6, 6.07) is 0.337. The second-order valence-corrected chi connectivity index (χ2v) is 6.38. The van der Waals surface area contributed by atoms with Crippen LogP contribution in [0.3, 0.4) is 0 Å². The third-order valence-corrected chi connectivity index (χ3v) is 4.45. The molecule has 1 saturated heterocycles. The lowest BCUT2D eigenvalue weighted by Gasteiger charge is -2.47. The minimum atomic E-state index is 0. The van der Waals surface area contributed by atoms with Crippen LogP contribution in [0.4, 0.5) is 0 Å². The van der Waals surface area contributed by atoms with Crippen molar-refractivity contribution in [3.63, 3.8) is 0 Å². The van der Waals surface area contributed by atoms with Crippen molar-refractivity contribution < 1.29 is 4.74 Å². The summed E-state index contributed by atoms with van der Waals surface area (Å²) in [5.41, 5.74) is 6.19. The predicted molar refractivity (Wildman–Crippen MR) is 98.4 cm³/mol. The van der Waals surface area contributed by atoms with Crippen molar-refractivity contribution in [3.8, 4) is 0 Å². The van der Waals surface area contributed by atoms with E-state index < -0.39 is 0 Å². The van der Waals surface area contributed by atoms with Gasteiger partial charge in [-0.25, -0.2) is 0 Å². The molecule has 3 N–H and O–H groups in total. The molecular weight excluding hydrogens is 379 g/mol. The standard InChI is InChI=1S/C15H30N4O.HI/c1-13(2)18-14(16)17-12-15(6-4-3-5-7-15)19-8-10-20-11-9-19;/h13H,3-12H2,1-2H3,(H3,16,17,18);1H. The van der Waals surface area contributed by atoms with Crippen LogP contribution in [0.25, 0.3) is 0 Å². The Hall–Kier alpha value is -0.0800. The number of nitrogens with zero attached hydrogens (tertiary/aromatic N) is 2. The first-order valence-electron chi connectivity index (χ1n) is 8.02. The van der Waals surface area contributed by atoms with Crippen LogP contribution in [0.15, 0.2) is 4.99 Å². The zero-order valence-electron chi connectivity index (χ0n) is 13.4. The Kier molecular flexibility index (Phi) is 8.26. The van der Waals surface area contributed by atoms with Crippen LogP contribution >= 0.6 is 24.0 Å². The average molecular weight is 410 g/mol. The van der Waals surface area contributed by atoms with Gasteiger partial charge in [0.05, 0.1) is 19.8 Å². The van der Waals surface area contributed by atoms with Crippen molar-refractivity contribution in [3.05, 3.63) is 0 Å². The molecule has 124 valence electrons. The topological polar surface area (TPSA) is 62.9 Å². The SMILES string of the molecule is CC(C)NC(N)=NCC1(N2CCOCC2)CCCCC1.I. The number of aliphatic imine (C=N–C) groups is 1. The molecule has 1 aliphatic heterocycles. The molecule has 2 aliphatic rings. The highest BCUT2D eigenvalue weighted by atomic mass is 127. The summed E-state index contributed by atoms with van der Waals surface area (Å²) in [5, 5.41) is 3.19. The molecule has 5 nitrogen and oxygen atoms in total. The van der Waals surface area contributed by atoms with E-state index in [4.69, 9.17) is 10.5 Å². The molecule has 0 amide bonds. The molecular formula is C15H31IN4O. The third kappa shape index (κ3) is 5.56. The molecule has 2 fully saturated rings. The zero-order chi connectivity index (χ0) is 14.4. The first-order chi connectivity index (χ1) is 9.62. The van der Waals surface area contributed by atoms with Gasteiger partial charge in [-0.1, -0.05) is 19.3 Å². The summed E-state index contributed by atoms with van der Waals surface area (Å²) in [7, 11) is 0. The van der Waals surface area contributed by atoms with Gasteiger partial charge in [0.2, 0.25) is 0 Å². The monoisotopic (exact) mass is 410 g/mol. The minimum absolute atomic E-state index is 0. The molecule has 21 heavy (non-hydrogen) atoms. The summed E-state index contributed by atoms with van der Waals surface area (Å²) in [6.07, 6.45) is 6.46. The fourth-order valence-corrected chi connectivity index (χ4v) is 3.40. The lowest BCUT2D eigenvalue weighted by Crippen LogP contribution is -2.56. The maximum Gasteiger partial charge on any atom is 0.188 e. The Morgan fingerprint density at radius 1 is 1.24 bits per heavy atom. The number of halogens is 1. The fraction of sp³-hybridized carbons (Fsp3) is 0.933. The number of hydrogen-bond donors (Lipinski definition) is 2. The van der Waals surface area contributed by atoms with E-state index in [2.05, 4.69) is 29.1 Å². The van der Waals surface area contributed by atoms with Gasteiger partial charge in [0, 0.05) is 24.7 Å². The average Bonchev–Trinajstić information content (AvgIpc) is 2.46. The van der Waals surface area contributed by atoms with Crippen molar-refractivity contribution in [2.45, 2.75) is 57.5 Å². The first kappa shape index (κ1) is 19.0. The molecule has 1 heterocycles. The Labute approximate surface area is 146 Å². The van der Waals surface area contributed by atoms with E-state index in [1.165, 1.54) is 32.1 Å². The van der Waals surface area contributed by atoms with E-state index in [0.717, 1.165) is 32.8 Å². The number of rotatable bonds is 4. The smallest absolute Gasteiger partial charge is 0.188 e. The Morgan fingerprint density at radius 2 is 1.86 bits per heavy atom. The highest BCUT2D eigenvalue weighted by molar-refractivity contribution is 14.0. The van der Waals surface area contributed by atoms with E-state index in [0.29, 0.717) is 12.0 Å². The van der Waals surface area contributed by atoms with Crippen LogP contribution in [0.2, 0.25) is 0 Å². The van der Waals surface area contributed by atoms with Gasteiger partial charge in [-0.15, -0.1) is 24.0 Å². The second kappa shape index (κ2) is 9.15. The molecule has 0 aromatic heterocycles. The zero-order valence-corrected chi connectivity index (χ0v) is 15.8. The Balaban J connectivity index is 0.00000220. The van der Waals surface area contributed by atoms with E-state index in [-0.39, 0.29) is 29.5 Å². The molecule has 2 rings (SSSR count).